The summed E-state index contributed by atoms with van der Waals surface area (Å²) in [4.78, 5) is 14.2. The van der Waals surface area contributed by atoms with Crippen molar-refractivity contribution in [1.82, 2.24) is 0 Å². The Balaban J connectivity index is 1.95. The van der Waals surface area contributed by atoms with Crippen molar-refractivity contribution in [3.05, 3.63) is 61.8 Å². The zero-order valence-corrected chi connectivity index (χ0v) is 15.2. The monoisotopic (exact) mass is 360 g/mol. The summed E-state index contributed by atoms with van der Waals surface area (Å²) in [5.74, 6) is 1.13. The summed E-state index contributed by atoms with van der Waals surface area (Å²) in [7, 11) is 0. The van der Waals surface area contributed by atoms with E-state index in [1.54, 1.807) is 30.0 Å². The van der Waals surface area contributed by atoms with Crippen LogP contribution in [-0.2, 0) is 0 Å². The number of allylic oxidation sites excluding steroid dienone is 2. The lowest BCUT2D eigenvalue weighted by atomic mass is 9.91. The van der Waals surface area contributed by atoms with Crippen LogP contribution in [0.5, 0.6) is 5.75 Å². The van der Waals surface area contributed by atoms with Crippen LogP contribution >= 0.6 is 23.4 Å². The molecule has 3 heterocycles. The number of thioether (sulfide) groups is 1. The van der Waals surface area contributed by atoms with Crippen molar-refractivity contribution >= 4 is 34.3 Å². The molecule has 0 amide bonds. The van der Waals surface area contributed by atoms with Gasteiger partial charge in [0.25, 0.3) is 0 Å². The molecule has 1 aromatic heterocycles. The molecule has 0 radical (unpaired) electrons. The maximum Gasteiger partial charge on any atom is 0.234 e. The molecule has 0 saturated carbocycles. The molecule has 2 aliphatic heterocycles. The van der Waals surface area contributed by atoms with E-state index in [4.69, 9.17) is 20.8 Å². The van der Waals surface area contributed by atoms with Gasteiger partial charge < -0.3 is 9.15 Å². The SMILES string of the molecule is CC(C)=C[C@@H]1Oc2c(oc3ccc(Cl)cc3c2=O)[C@@H]2SC(C)=C[C@H]12. The lowest BCUT2D eigenvalue weighted by molar-refractivity contribution is 0.161. The van der Waals surface area contributed by atoms with Crippen LogP contribution < -0.4 is 10.2 Å². The van der Waals surface area contributed by atoms with E-state index in [2.05, 4.69) is 19.1 Å². The number of benzene rings is 1. The van der Waals surface area contributed by atoms with E-state index < -0.39 is 0 Å². The molecule has 0 spiro atoms. The third-order valence-corrected chi connectivity index (χ3v) is 5.84. The van der Waals surface area contributed by atoms with E-state index in [-0.39, 0.29) is 22.7 Å². The van der Waals surface area contributed by atoms with Crippen molar-refractivity contribution < 1.29 is 9.15 Å². The molecule has 0 N–H and O–H groups in total. The standard InChI is InChI=1S/C19H17ClO3S/c1-9(2)6-15-13-7-10(3)24-19(13)18-17(23-15)16(21)12-8-11(20)4-5-14(12)22-18/h4-8,13,15,19H,1-3H3/t13-,15+,19-/m1/s1. The number of fused-ring (bicyclic) bond motifs is 4. The minimum atomic E-state index is -0.156. The first-order chi connectivity index (χ1) is 11.4. The highest BCUT2D eigenvalue weighted by Gasteiger charge is 2.43. The summed E-state index contributed by atoms with van der Waals surface area (Å²) in [6.45, 7) is 6.16. The highest BCUT2D eigenvalue weighted by atomic mass is 35.5. The van der Waals surface area contributed by atoms with E-state index in [0.717, 1.165) is 0 Å². The van der Waals surface area contributed by atoms with Gasteiger partial charge in [0.05, 0.1) is 10.6 Å². The van der Waals surface area contributed by atoms with Crippen LogP contribution in [0.25, 0.3) is 11.0 Å². The van der Waals surface area contributed by atoms with E-state index in [1.165, 1.54) is 10.5 Å². The number of hydrogen-bond acceptors (Lipinski definition) is 4. The van der Waals surface area contributed by atoms with Crippen LogP contribution in [0.2, 0.25) is 5.02 Å². The Kier molecular flexibility index (Phi) is 3.77. The minimum absolute atomic E-state index is 0.0714. The van der Waals surface area contributed by atoms with Gasteiger partial charge in [0.1, 0.15) is 11.7 Å². The van der Waals surface area contributed by atoms with Gasteiger partial charge in [-0.2, -0.15) is 0 Å². The Morgan fingerprint density at radius 3 is 2.88 bits per heavy atom. The van der Waals surface area contributed by atoms with E-state index in [1.807, 2.05) is 13.8 Å². The predicted octanol–water partition coefficient (Wildman–Crippen LogP) is 5.48. The third-order valence-electron chi connectivity index (χ3n) is 4.32. The zero-order valence-electron chi connectivity index (χ0n) is 13.6. The molecule has 2 aromatic rings. The average Bonchev–Trinajstić information content (AvgIpc) is 2.91. The number of rotatable bonds is 1. The molecule has 3 atom stereocenters. The minimum Gasteiger partial charge on any atom is -0.478 e. The molecule has 4 rings (SSSR count). The van der Waals surface area contributed by atoms with Crippen LogP contribution in [0, 0.1) is 5.92 Å². The van der Waals surface area contributed by atoms with E-state index in [9.17, 15) is 4.79 Å². The molecule has 0 fully saturated rings. The van der Waals surface area contributed by atoms with Crippen molar-refractivity contribution in [2.45, 2.75) is 32.1 Å². The Hall–Kier alpha value is -1.65. The fraction of sp³-hybridized carbons (Fsp3) is 0.316. The van der Waals surface area contributed by atoms with E-state index in [0.29, 0.717) is 27.5 Å². The summed E-state index contributed by atoms with van der Waals surface area (Å²) < 4.78 is 12.2. The average molecular weight is 361 g/mol. The highest BCUT2D eigenvalue weighted by Crippen LogP contribution is 2.54. The second-order valence-electron chi connectivity index (χ2n) is 6.48. The second-order valence-corrected chi connectivity index (χ2v) is 8.31. The topological polar surface area (TPSA) is 39.4 Å². The van der Waals surface area contributed by atoms with Gasteiger partial charge in [0.2, 0.25) is 11.2 Å². The molecule has 0 aliphatic carbocycles. The second kappa shape index (κ2) is 5.71. The van der Waals surface area contributed by atoms with Crippen LogP contribution in [0.1, 0.15) is 31.8 Å². The van der Waals surface area contributed by atoms with Crippen LogP contribution in [0.4, 0.5) is 0 Å². The van der Waals surface area contributed by atoms with Crippen molar-refractivity contribution in [2.75, 3.05) is 0 Å². The Morgan fingerprint density at radius 1 is 1.33 bits per heavy atom. The van der Waals surface area contributed by atoms with Crippen LogP contribution in [0.15, 0.2) is 50.0 Å². The van der Waals surface area contributed by atoms with Gasteiger partial charge in [-0.15, -0.1) is 11.8 Å². The first-order valence-electron chi connectivity index (χ1n) is 7.87. The predicted molar refractivity (Wildman–Crippen MR) is 98.9 cm³/mol. The Labute approximate surface area is 149 Å². The third kappa shape index (κ3) is 2.49. The first-order valence-corrected chi connectivity index (χ1v) is 9.13. The molecular weight excluding hydrogens is 344 g/mol. The normalized spacial score (nSPS) is 24.8. The Bertz CT molecular complexity index is 953. The van der Waals surface area contributed by atoms with E-state index >= 15 is 0 Å². The maximum absolute atomic E-state index is 12.9. The molecule has 0 unspecified atom stereocenters. The lowest BCUT2D eigenvalue weighted by Crippen LogP contribution is -2.34. The molecule has 124 valence electrons. The Morgan fingerprint density at radius 2 is 2.12 bits per heavy atom. The van der Waals surface area contributed by atoms with Gasteiger partial charge in [-0.05, 0) is 50.0 Å². The first kappa shape index (κ1) is 15.9. The number of halogens is 1. The van der Waals surface area contributed by atoms with Crippen molar-refractivity contribution in [1.29, 1.82) is 0 Å². The molecule has 3 nitrogen and oxygen atoms in total. The molecule has 2 aliphatic rings. The van der Waals surface area contributed by atoms with Crippen molar-refractivity contribution in [3.63, 3.8) is 0 Å². The molecule has 5 heteroatoms. The smallest absolute Gasteiger partial charge is 0.234 e. The summed E-state index contributed by atoms with van der Waals surface area (Å²) in [6.07, 6.45) is 4.14. The van der Waals surface area contributed by atoms with Gasteiger partial charge in [0, 0.05) is 10.9 Å². The number of hydrogen-bond donors (Lipinski definition) is 0. The highest BCUT2D eigenvalue weighted by molar-refractivity contribution is 8.03. The molecule has 0 saturated heterocycles. The summed E-state index contributed by atoms with van der Waals surface area (Å²) in [5.41, 5.74) is 1.57. The summed E-state index contributed by atoms with van der Waals surface area (Å²) >= 11 is 7.77. The van der Waals surface area contributed by atoms with Gasteiger partial charge in [-0.3, -0.25) is 4.79 Å². The maximum atomic E-state index is 12.9. The molecule has 24 heavy (non-hydrogen) atoms. The fourth-order valence-electron chi connectivity index (χ4n) is 3.33. The van der Waals surface area contributed by atoms with Gasteiger partial charge in [-0.25, -0.2) is 0 Å². The number of ether oxygens (including phenoxy) is 1. The van der Waals surface area contributed by atoms with Gasteiger partial charge in [-0.1, -0.05) is 23.3 Å². The van der Waals surface area contributed by atoms with Gasteiger partial charge in [0.15, 0.2) is 5.76 Å². The van der Waals surface area contributed by atoms with Crippen LogP contribution in [0.3, 0.4) is 0 Å². The van der Waals surface area contributed by atoms with Crippen molar-refractivity contribution in [3.8, 4) is 5.75 Å². The van der Waals surface area contributed by atoms with Crippen molar-refractivity contribution in [2.24, 2.45) is 5.92 Å². The summed E-state index contributed by atoms with van der Waals surface area (Å²) in [5, 5.41) is 1.04. The van der Waals surface area contributed by atoms with Gasteiger partial charge >= 0.3 is 0 Å². The lowest BCUT2D eigenvalue weighted by Gasteiger charge is -2.32. The molecular formula is C19H17ClO3S. The molecule has 1 aromatic carbocycles. The summed E-state index contributed by atoms with van der Waals surface area (Å²) in [6, 6.07) is 5.12. The molecule has 0 bridgehead atoms. The van der Waals surface area contributed by atoms with Crippen LogP contribution in [-0.4, -0.2) is 6.10 Å². The fourth-order valence-corrected chi connectivity index (χ4v) is 4.79. The zero-order chi connectivity index (χ0) is 17.0. The quantitative estimate of drug-likeness (QED) is 0.631. The largest absolute Gasteiger partial charge is 0.478 e.